The summed E-state index contributed by atoms with van der Waals surface area (Å²) in [7, 11) is -5.01. The number of hydrogen-bond donors (Lipinski definition) is 0. The van der Waals surface area contributed by atoms with Crippen LogP contribution in [0.2, 0.25) is 35.3 Å². The fourth-order valence-corrected chi connectivity index (χ4v) is 14.6. The van der Waals surface area contributed by atoms with Gasteiger partial charge in [-0.25, -0.2) is 0 Å². The van der Waals surface area contributed by atoms with E-state index in [4.69, 9.17) is 18.3 Å². The van der Waals surface area contributed by atoms with Gasteiger partial charge in [-0.3, -0.25) is 0 Å². The van der Waals surface area contributed by atoms with Crippen LogP contribution in [0.1, 0.15) is 80.7 Å². The van der Waals surface area contributed by atoms with Crippen molar-refractivity contribution in [2.45, 2.75) is 165 Å². The molecule has 0 heterocycles. The summed E-state index contributed by atoms with van der Waals surface area (Å²) in [4.78, 5) is 12.0. The van der Waals surface area contributed by atoms with Crippen molar-refractivity contribution in [3.8, 4) is 5.75 Å². The lowest BCUT2D eigenvalue weighted by atomic mass is 9.91. The summed E-state index contributed by atoms with van der Waals surface area (Å²) >= 11 is 0. The summed E-state index contributed by atoms with van der Waals surface area (Å²) in [6.07, 6.45) is -9.66. The Morgan fingerprint density at radius 2 is 1.21 bits per heavy atom. The summed E-state index contributed by atoms with van der Waals surface area (Å²) in [5, 5.41) is 0. The van der Waals surface area contributed by atoms with E-state index in [1.807, 2.05) is 20.8 Å². The Morgan fingerprint density at radius 3 is 1.62 bits per heavy atom. The number of carbonyl (C=O) groups excluding carboxylic acids is 1. The first-order valence-corrected chi connectivity index (χ1v) is 23.8. The minimum atomic E-state index is -7.98. The van der Waals surface area contributed by atoms with Crippen molar-refractivity contribution in [1.29, 1.82) is 0 Å². The van der Waals surface area contributed by atoms with E-state index in [1.165, 1.54) is 34.8 Å². The molecular weight excluding hydrogens is 840 g/mol. The van der Waals surface area contributed by atoms with Gasteiger partial charge in [0.2, 0.25) is 0 Å². The van der Waals surface area contributed by atoms with Crippen molar-refractivity contribution in [3.05, 3.63) is 41.5 Å². The van der Waals surface area contributed by atoms with Gasteiger partial charge in [0.15, 0.2) is 16.6 Å². The first-order valence-electron chi connectivity index (χ1n) is 19.0. The lowest BCUT2D eigenvalue weighted by molar-refractivity contribution is -0.440. The average molecular weight is 897 g/mol. The highest BCUT2D eigenvalue weighted by atomic mass is 28.4. The Kier molecular flexibility index (Phi) is 19.1. The maximum absolute atomic E-state index is 15.3. The molecule has 0 aliphatic rings. The monoisotopic (exact) mass is 896 g/mol. The fourth-order valence-electron chi connectivity index (χ4n) is 6.92. The molecule has 1 aromatic rings. The van der Waals surface area contributed by atoms with Gasteiger partial charge in [-0.1, -0.05) is 73.6 Å². The molecule has 3 atom stereocenters. The third-order valence-corrected chi connectivity index (χ3v) is 21.6. The Bertz CT molecular complexity index is 1430. The number of ether oxygens (including phenoxy) is 2. The van der Waals surface area contributed by atoms with Crippen LogP contribution in [0.4, 0.5) is 57.1 Å². The van der Waals surface area contributed by atoms with Gasteiger partial charge < -0.3 is 23.1 Å². The number of carbonyl (C=O) groups is 1. The molecule has 0 radical (unpaired) electrons. The quantitative estimate of drug-likeness (QED) is 0.0305. The highest BCUT2D eigenvalue weighted by Crippen LogP contribution is 2.61. The zero-order valence-corrected chi connectivity index (χ0v) is 36.5. The van der Waals surface area contributed by atoms with Gasteiger partial charge in [0.05, 0.1) is 32.5 Å². The maximum atomic E-state index is 15.3. The zero-order chi connectivity index (χ0) is 45.3. The number of halogens is 13. The predicted molar refractivity (Wildman–Crippen MR) is 199 cm³/mol. The Balaban J connectivity index is 3.80. The van der Waals surface area contributed by atoms with Crippen LogP contribution in [-0.2, 0) is 25.0 Å². The number of methoxy groups -OCH3 is 1. The lowest BCUT2D eigenvalue weighted by Crippen LogP contribution is -2.70. The van der Waals surface area contributed by atoms with Crippen molar-refractivity contribution in [2.24, 2.45) is 5.92 Å². The molecular formula is C38H57F13O5Si2. The first kappa shape index (κ1) is 53.9. The van der Waals surface area contributed by atoms with E-state index in [1.54, 1.807) is 44.2 Å². The van der Waals surface area contributed by atoms with E-state index in [2.05, 4.69) is 0 Å². The summed E-state index contributed by atoms with van der Waals surface area (Å²) in [6, 6.07) is 7.82. The molecule has 0 bridgehead atoms. The van der Waals surface area contributed by atoms with Crippen LogP contribution in [0.3, 0.4) is 0 Å². The van der Waals surface area contributed by atoms with E-state index in [9.17, 15) is 53.1 Å². The van der Waals surface area contributed by atoms with E-state index >= 15 is 8.78 Å². The van der Waals surface area contributed by atoms with Gasteiger partial charge in [0.25, 0.3) is 0 Å². The molecule has 1 rings (SSSR count). The number of hydrogen-bond acceptors (Lipinski definition) is 5. The first-order chi connectivity index (χ1) is 26.4. The molecule has 5 nitrogen and oxygen atoms in total. The molecule has 0 saturated heterocycles. The van der Waals surface area contributed by atoms with Crippen LogP contribution in [0.15, 0.2) is 35.9 Å². The normalized spacial score (nSPS) is 16.2. The average Bonchev–Trinajstić information content (AvgIpc) is 3.14. The summed E-state index contributed by atoms with van der Waals surface area (Å²) < 4.78 is 207. The van der Waals surface area contributed by atoms with E-state index in [-0.39, 0.29) is 19.6 Å². The smallest absolute Gasteiger partial charge is 0.460 e. The van der Waals surface area contributed by atoms with Crippen molar-refractivity contribution < 1.29 is 80.2 Å². The van der Waals surface area contributed by atoms with Crippen LogP contribution in [-0.4, -0.2) is 84.6 Å². The molecule has 338 valence electrons. The predicted octanol–water partition coefficient (Wildman–Crippen LogP) is 13.1. The SMILES string of the molecule is CC[Si](CC)(CC)OC(CC=O)[C@H](C)[C@H](O[Si](CCC(F)(F)C(F)(F)C(F)(F)C(F)(F)C(F)(F)C(F)(F)F)(C(C)C)C(C)C)/C(C)=C/COCc1ccc(OC)cc1. The summed E-state index contributed by atoms with van der Waals surface area (Å²) in [5.41, 5.74) is -0.373. The van der Waals surface area contributed by atoms with Crippen molar-refractivity contribution in [1.82, 2.24) is 0 Å². The van der Waals surface area contributed by atoms with E-state index < -0.39 is 94.1 Å². The third kappa shape index (κ3) is 11.4. The second-order valence-electron chi connectivity index (χ2n) is 15.3. The Hall–Kier alpha value is -2.17. The lowest BCUT2D eigenvalue weighted by Gasteiger charge is -2.46. The third-order valence-electron chi connectivity index (χ3n) is 11.3. The molecule has 0 aromatic heterocycles. The van der Waals surface area contributed by atoms with Gasteiger partial charge in [-0.2, -0.15) is 57.1 Å². The van der Waals surface area contributed by atoms with Crippen LogP contribution < -0.4 is 4.74 Å². The summed E-state index contributed by atoms with van der Waals surface area (Å²) in [6.45, 7) is 15.1. The Labute approximate surface area is 334 Å². The van der Waals surface area contributed by atoms with Gasteiger partial charge in [-0.15, -0.1) is 0 Å². The molecule has 0 amide bonds. The molecule has 1 aromatic carbocycles. The van der Waals surface area contributed by atoms with Crippen LogP contribution in [0.5, 0.6) is 5.75 Å². The topological polar surface area (TPSA) is 54.0 Å². The molecule has 58 heavy (non-hydrogen) atoms. The molecule has 0 saturated carbocycles. The number of benzene rings is 1. The molecule has 0 N–H and O–H groups in total. The van der Waals surface area contributed by atoms with Crippen molar-refractivity contribution >= 4 is 22.9 Å². The minimum absolute atomic E-state index is 0.0325. The zero-order valence-electron chi connectivity index (χ0n) is 34.5. The van der Waals surface area contributed by atoms with Crippen molar-refractivity contribution in [2.75, 3.05) is 13.7 Å². The maximum Gasteiger partial charge on any atom is 0.460 e. The largest absolute Gasteiger partial charge is 0.497 e. The highest BCUT2D eigenvalue weighted by Gasteiger charge is 2.90. The second kappa shape index (κ2) is 20.6. The fraction of sp³-hybridized carbons (Fsp3) is 0.763. The van der Waals surface area contributed by atoms with E-state index in [0.717, 1.165) is 5.56 Å². The number of rotatable bonds is 26. The molecule has 0 aliphatic heterocycles. The standard InChI is InChI=1S/C38H57F13O5Si2/c1-11-57(12-2,13-3)55-31(18-21-52)28(9)32(27(8)19-22-54-24-29-14-16-30(53-10)17-15-29)56-58(25(4)5,26(6)7)23-20-33(39,40)34(41,42)35(43,44)36(45,46)37(47,48)38(49,50)51/h14-17,19,21,25-26,28,31-32H,11-13,18,20,22-24H2,1-10H3/b27-19+/t28-,31?,32+/m0/s1. The number of alkyl halides is 13. The molecule has 0 spiro atoms. The van der Waals surface area contributed by atoms with Crippen LogP contribution >= 0.6 is 0 Å². The second-order valence-corrected chi connectivity index (χ2v) is 25.0. The van der Waals surface area contributed by atoms with Crippen LogP contribution in [0.25, 0.3) is 0 Å². The summed E-state index contributed by atoms with van der Waals surface area (Å²) in [5.74, 6) is -37.4. The highest BCUT2D eigenvalue weighted by molar-refractivity contribution is 6.76. The molecule has 0 aliphatic carbocycles. The molecule has 1 unspecified atom stereocenters. The van der Waals surface area contributed by atoms with E-state index in [0.29, 0.717) is 35.7 Å². The van der Waals surface area contributed by atoms with Gasteiger partial charge in [-0.05, 0) is 65.5 Å². The molecule has 0 fully saturated rings. The number of aldehydes is 1. The van der Waals surface area contributed by atoms with Gasteiger partial charge >= 0.3 is 35.8 Å². The minimum Gasteiger partial charge on any atom is -0.497 e. The van der Waals surface area contributed by atoms with Gasteiger partial charge in [0.1, 0.15) is 12.0 Å². The Morgan fingerprint density at radius 1 is 0.724 bits per heavy atom. The van der Waals surface area contributed by atoms with Crippen LogP contribution in [0, 0.1) is 5.92 Å². The van der Waals surface area contributed by atoms with Gasteiger partial charge in [0, 0.05) is 18.8 Å². The molecule has 20 heteroatoms. The van der Waals surface area contributed by atoms with Crippen molar-refractivity contribution in [3.63, 3.8) is 0 Å².